The third kappa shape index (κ3) is 3.55. The van der Waals surface area contributed by atoms with E-state index in [2.05, 4.69) is 55.0 Å². The molecule has 0 unspecified atom stereocenters. The van der Waals surface area contributed by atoms with E-state index >= 15 is 0 Å². The van der Waals surface area contributed by atoms with Crippen LogP contribution in [0.1, 0.15) is 80.3 Å². The summed E-state index contributed by atoms with van der Waals surface area (Å²) in [6.45, 7) is 7.22. The number of aromatic nitrogens is 2. The molecule has 1 amide bonds. The molecule has 2 atom stereocenters. The summed E-state index contributed by atoms with van der Waals surface area (Å²) in [5.41, 5.74) is 5.02. The zero-order valence-corrected chi connectivity index (χ0v) is 16.5. The maximum Gasteiger partial charge on any atom is 0.223 e. The van der Waals surface area contributed by atoms with Crippen LogP contribution < -0.4 is 0 Å². The van der Waals surface area contributed by atoms with Gasteiger partial charge in [-0.3, -0.25) is 9.48 Å². The quantitative estimate of drug-likeness (QED) is 0.704. The molecular formula is C22H31N3O. The molecule has 26 heavy (non-hydrogen) atoms. The third-order valence-corrected chi connectivity index (χ3v) is 5.88. The molecule has 0 saturated heterocycles. The molecule has 4 nitrogen and oxygen atoms in total. The standard InChI is InChI=1S/C22H31N3O/c1-5-6-7-8-13-22(26)25-15-21(20-14-23-24(4)16(20)2)19-12-10-9-11-18(19)17(25)3/h9-12,14,17,21H,5-8,13,15H2,1-4H3/t17-,21-/m0/s1. The summed E-state index contributed by atoms with van der Waals surface area (Å²) in [5, 5.41) is 4.44. The van der Waals surface area contributed by atoms with Gasteiger partial charge >= 0.3 is 0 Å². The maximum atomic E-state index is 13.0. The Morgan fingerprint density at radius 1 is 1.15 bits per heavy atom. The largest absolute Gasteiger partial charge is 0.335 e. The van der Waals surface area contributed by atoms with Gasteiger partial charge in [-0.1, -0.05) is 50.5 Å². The highest BCUT2D eigenvalue weighted by Crippen LogP contribution is 2.40. The average Bonchev–Trinajstić information content (AvgIpc) is 2.98. The summed E-state index contributed by atoms with van der Waals surface area (Å²) < 4.78 is 1.92. The van der Waals surface area contributed by atoms with Crippen LogP contribution in [0.25, 0.3) is 0 Å². The zero-order valence-electron chi connectivity index (χ0n) is 16.5. The molecule has 1 aliphatic heterocycles. The highest BCUT2D eigenvalue weighted by Gasteiger charge is 2.34. The van der Waals surface area contributed by atoms with Crippen molar-refractivity contribution in [2.45, 2.75) is 64.8 Å². The molecule has 2 aromatic rings. The van der Waals surface area contributed by atoms with Crippen molar-refractivity contribution >= 4 is 5.91 Å². The number of unbranched alkanes of at least 4 members (excludes halogenated alkanes) is 3. The van der Waals surface area contributed by atoms with Gasteiger partial charge in [-0.05, 0) is 31.4 Å². The predicted octanol–water partition coefficient (Wildman–Crippen LogP) is 4.73. The molecule has 0 bridgehead atoms. The Labute approximate surface area is 157 Å². The predicted molar refractivity (Wildman–Crippen MR) is 105 cm³/mol. The summed E-state index contributed by atoms with van der Waals surface area (Å²) >= 11 is 0. The molecule has 140 valence electrons. The molecule has 0 fully saturated rings. The molecule has 4 heteroatoms. The van der Waals surface area contributed by atoms with E-state index in [1.807, 2.05) is 17.9 Å². The molecule has 2 heterocycles. The summed E-state index contributed by atoms with van der Waals surface area (Å²) in [4.78, 5) is 15.0. The fraction of sp³-hybridized carbons (Fsp3) is 0.545. The Bertz CT molecular complexity index is 764. The van der Waals surface area contributed by atoms with E-state index in [1.54, 1.807) is 0 Å². The molecule has 0 radical (unpaired) electrons. The number of hydrogen-bond donors (Lipinski definition) is 0. The van der Waals surface area contributed by atoms with Gasteiger partial charge in [0.15, 0.2) is 0 Å². The molecule has 0 spiro atoms. The van der Waals surface area contributed by atoms with Crippen molar-refractivity contribution in [1.29, 1.82) is 0 Å². The van der Waals surface area contributed by atoms with E-state index in [0.717, 1.165) is 19.4 Å². The van der Waals surface area contributed by atoms with Gasteiger partial charge in [0.25, 0.3) is 0 Å². The van der Waals surface area contributed by atoms with Crippen LogP contribution in [0.15, 0.2) is 30.5 Å². The fourth-order valence-electron chi connectivity index (χ4n) is 4.12. The molecule has 0 N–H and O–H groups in total. The van der Waals surface area contributed by atoms with Crippen LogP contribution >= 0.6 is 0 Å². The smallest absolute Gasteiger partial charge is 0.223 e. The highest BCUT2D eigenvalue weighted by molar-refractivity contribution is 5.77. The first kappa shape index (κ1) is 18.7. The molecule has 1 aliphatic rings. The van der Waals surface area contributed by atoms with Crippen molar-refractivity contribution < 1.29 is 4.79 Å². The summed E-state index contributed by atoms with van der Waals surface area (Å²) in [6, 6.07) is 8.71. The molecule has 3 rings (SSSR count). The van der Waals surface area contributed by atoms with Crippen molar-refractivity contribution in [2.75, 3.05) is 6.54 Å². The molecule has 0 saturated carbocycles. The first-order chi connectivity index (χ1) is 12.5. The number of benzene rings is 1. The van der Waals surface area contributed by atoms with Crippen molar-refractivity contribution in [3.63, 3.8) is 0 Å². The normalized spacial score (nSPS) is 19.5. The number of aryl methyl sites for hydroxylation is 1. The summed E-state index contributed by atoms with van der Waals surface area (Å²) in [6.07, 6.45) is 7.18. The lowest BCUT2D eigenvalue weighted by Crippen LogP contribution is -2.41. The van der Waals surface area contributed by atoms with Gasteiger partial charge in [0.1, 0.15) is 0 Å². The van der Waals surface area contributed by atoms with Gasteiger partial charge in [-0.2, -0.15) is 5.10 Å². The van der Waals surface area contributed by atoms with Gasteiger partial charge < -0.3 is 4.90 Å². The van der Waals surface area contributed by atoms with Gasteiger partial charge in [0, 0.05) is 37.2 Å². The minimum absolute atomic E-state index is 0.137. The Hall–Kier alpha value is -2.10. The number of amides is 1. The third-order valence-electron chi connectivity index (χ3n) is 5.88. The lowest BCUT2D eigenvalue weighted by Gasteiger charge is -2.40. The number of carbonyl (C=O) groups is 1. The van der Waals surface area contributed by atoms with Gasteiger partial charge in [0.2, 0.25) is 5.91 Å². The fourth-order valence-corrected chi connectivity index (χ4v) is 4.12. The van der Waals surface area contributed by atoms with Crippen LogP contribution in [0, 0.1) is 6.92 Å². The first-order valence-electron chi connectivity index (χ1n) is 9.91. The maximum absolute atomic E-state index is 13.0. The lowest BCUT2D eigenvalue weighted by molar-refractivity contribution is -0.134. The second kappa shape index (κ2) is 8.07. The Kier molecular flexibility index (Phi) is 5.80. The SMILES string of the molecule is CCCCCCC(=O)N1C[C@H](c2cnn(C)c2C)c2ccccc2[C@@H]1C. The monoisotopic (exact) mass is 353 g/mol. The minimum Gasteiger partial charge on any atom is -0.335 e. The second-order valence-electron chi connectivity index (χ2n) is 7.52. The van der Waals surface area contributed by atoms with Crippen LogP contribution in [0.2, 0.25) is 0 Å². The van der Waals surface area contributed by atoms with E-state index < -0.39 is 0 Å². The van der Waals surface area contributed by atoms with Crippen LogP contribution in [0.4, 0.5) is 0 Å². The summed E-state index contributed by atoms with van der Waals surface area (Å²) in [5.74, 6) is 0.491. The molecular weight excluding hydrogens is 322 g/mol. The van der Waals surface area contributed by atoms with Crippen molar-refractivity contribution in [3.8, 4) is 0 Å². The molecule has 0 aliphatic carbocycles. The molecule has 1 aromatic heterocycles. The number of rotatable bonds is 6. The van der Waals surface area contributed by atoms with Crippen LogP contribution in [0.5, 0.6) is 0 Å². The Morgan fingerprint density at radius 3 is 2.54 bits per heavy atom. The van der Waals surface area contributed by atoms with E-state index in [-0.39, 0.29) is 17.9 Å². The van der Waals surface area contributed by atoms with E-state index in [9.17, 15) is 4.79 Å². The van der Waals surface area contributed by atoms with E-state index in [0.29, 0.717) is 6.42 Å². The number of nitrogens with zero attached hydrogens (tertiary/aromatic N) is 3. The Morgan fingerprint density at radius 2 is 1.88 bits per heavy atom. The topological polar surface area (TPSA) is 38.1 Å². The van der Waals surface area contributed by atoms with Crippen LogP contribution in [0.3, 0.4) is 0 Å². The van der Waals surface area contributed by atoms with Crippen molar-refractivity contribution in [3.05, 3.63) is 52.8 Å². The zero-order chi connectivity index (χ0) is 18.7. The van der Waals surface area contributed by atoms with Crippen molar-refractivity contribution in [1.82, 2.24) is 14.7 Å². The Balaban J connectivity index is 1.88. The van der Waals surface area contributed by atoms with Gasteiger partial charge in [-0.25, -0.2) is 0 Å². The number of hydrogen-bond acceptors (Lipinski definition) is 2. The first-order valence-corrected chi connectivity index (χ1v) is 9.91. The van der Waals surface area contributed by atoms with E-state index in [4.69, 9.17) is 0 Å². The average molecular weight is 354 g/mol. The minimum atomic E-state index is 0.137. The molecule has 1 aromatic carbocycles. The van der Waals surface area contributed by atoms with Gasteiger partial charge in [-0.15, -0.1) is 0 Å². The summed E-state index contributed by atoms with van der Waals surface area (Å²) in [7, 11) is 1.98. The highest BCUT2D eigenvalue weighted by atomic mass is 16.2. The number of carbonyl (C=O) groups excluding carboxylic acids is 1. The second-order valence-corrected chi connectivity index (χ2v) is 7.52. The number of fused-ring (bicyclic) bond motifs is 1. The lowest BCUT2D eigenvalue weighted by atomic mass is 9.81. The van der Waals surface area contributed by atoms with E-state index in [1.165, 1.54) is 35.2 Å². The van der Waals surface area contributed by atoms with Crippen molar-refractivity contribution in [2.24, 2.45) is 7.05 Å². The van der Waals surface area contributed by atoms with Crippen LogP contribution in [-0.4, -0.2) is 27.1 Å². The van der Waals surface area contributed by atoms with Crippen LogP contribution in [-0.2, 0) is 11.8 Å². The van der Waals surface area contributed by atoms with Gasteiger partial charge in [0.05, 0.1) is 12.2 Å².